The fraction of sp³-hybridized carbons (Fsp3) is 0.182. The third-order valence-corrected chi connectivity index (χ3v) is 7.18. The minimum absolute atomic E-state index is 0.0793. The quantitative estimate of drug-likeness (QED) is 0.217. The van der Waals surface area contributed by atoms with Gasteiger partial charge >= 0.3 is 12.1 Å². The first-order chi connectivity index (χ1) is 20.3. The van der Waals surface area contributed by atoms with Gasteiger partial charge in [-0.05, 0) is 52.9 Å². The largest absolute Gasteiger partial charge is 0.480 e. The highest BCUT2D eigenvalue weighted by molar-refractivity contribution is 5.97. The Bertz CT molecular complexity index is 1560. The average Bonchev–Trinajstić information content (AvgIpc) is 3.31. The molecule has 1 aliphatic rings. The van der Waals surface area contributed by atoms with Gasteiger partial charge in [0.15, 0.2) is 6.04 Å². The van der Waals surface area contributed by atoms with E-state index in [9.17, 15) is 23.9 Å². The summed E-state index contributed by atoms with van der Waals surface area (Å²) in [7, 11) is 0. The van der Waals surface area contributed by atoms with Gasteiger partial charge < -0.3 is 19.9 Å². The summed E-state index contributed by atoms with van der Waals surface area (Å²) in [5.41, 5.74) is 4.86. The van der Waals surface area contributed by atoms with E-state index in [1.54, 1.807) is 0 Å². The number of anilines is 1. The highest BCUT2D eigenvalue weighted by atomic mass is 19.1. The van der Waals surface area contributed by atoms with Crippen molar-refractivity contribution in [2.24, 2.45) is 0 Å². The molecule has 8 nitrogen and oxygen atoms in total. The van der Waals surface area contributed by atoms with Crippen molar-refractivity contribution < 1.29 is 33.4 Å². The van der Waals surface area contributed by atoms with Gasteiger partial charge in [-0.1, -0.05) is 78.9 Å². The summed E-state index contributed by atoms with van der Waals surface area (Å²) < 4.78 is 26.0. The summed E-state index contributed by atoms with van der Waals surface area (Å²) in [6.07, 6.45) is -1.67. The highest BCUT2D eigenvalue weighted by Crippen LogP contribution is 2.44. The number of carboxylic acid groups (broad SMARTS) is 1. The van der Waals surface area contributed by atoms with Crippen molar-refractivity contribution in [3.05, 3.63) is 125 Å². The molecule has 4 aromatic rings. The standard InChI is InChI=1S/C33H29FN2O6/c1-20(41-18-21-9-3-2-4-10-21)30(32(38)39)36-31(37)27-16-15-22(17-29(27)34)35-33(40)42-19-28-25-13-7-5-11-23(25)24-12-6-8-14-26(24)28/h2-17,20,28,30H,18-19H2,1H3,(H,35,40)(H,36,37)(H,38,39)/t20-,30+/m0/s1. The highest BCUT2D eigenvalue weighted by Gasteiger charge is 2.30. The Hall–Kier alpha value is -5.02. The molecule has 0 fully saturated rings. The molecule has 3 N–H and O–H groups in total. The Morgan fingerprint density at radius 3 is 2.12 bits per heavy atom. The molecular weight excluding hydrogens is 539 g/mol. The van der Waals surface area contributed by atoms with Gasteiger partial charge in [-0.15, -0.1) is 0 Å². The molecule has 9 heteroatoms. The first-order valence-electron chi connectivity index (χ1n) is 13.4. The maximum atomic E-state index is 14.9. The van der Waals surface area contributed by atoms with E-state index in [4.69, 9.17) is 9.47 Å². The molecule has 0 spiro atoms. The predicted octanol–water partition coefficient (Wildman–Crippen LogP) is 5.98. The molecule has 0 saturated carbocycles. The molecule has 42 heavy (non-hydrogen) atoms. The van der Waals surface area contributed by atoms with Crippen molar-refractivity contribution >= 4 is 23.7 Å². The van der Waals surface area contributed by atoms with Crippen LogP contribution >= 0.6 is 0 Å². The SMILES string of the molecule is C[C@H](OCc1ccccc1)[C@@H](NC(=O)c1ccc(NC(=O)OCC2c3ccccc3-c3ccccc32)cc1F)C(=O)O. The van der Waals surface area contributed by atoms with Crippen LogP contribution in [-0.4, -0.2) is 41.8 Å². The van der Waals surface area contributed by atoms with Crippen LogP contribution in [0.2, 0.25) is 0 Å². The van der Waals surface area contributed by atoms with E-state index < -0.39 is 35.9 Å². The fourth-order valence-corrected chi connectivity index (χ4v) is 5.03. The van der Waals surface area contributed by atoms with Crippen LogP contribution in [0.3, 0.4) is 0 Å². The smallest absolute Gasteiger partial charge is 0.411 e. The maximum Gasteiger partial charge on any atom is 0.411 e. The average molecular weight is 569 g/mol. The number of hydrogen-bond donors (Lipinski definition) is 3. The van der Waals surface area contributed by atoms with Crippen LogP contribution in [0.4, 0.5) is 14.9 Å². The number of halogens is 1. The second-order valence-corrected chi connectivity index (χ2v) is 9.94. The van der Waals surface area contributed by atoms with Gasteiger partial charge in [-0.25, -0.2) is 14.0 Å². The Morgan fingerprint density at radius 1 is 0.881 bits per heavy atom. The molecule has 0 bridgehead atoms. The van der Waals surface area contributed by atoms with Crippen LogP contribution < -0.4 is 10.6 Å². The van der Waals surface area contributed by atoms with Gasteiger partial charge in [-0.3, -0.25) is 10.1 Å². The summed E-state index contributed by atoms with van der Waals surface area (Å²) >= 11 is 0. The molecule has 4 aromatic carbocycles. The van der Waals surface area contributed by atoms with E-state index in [2.05, 4.69) is 10.6 Å². The summed E-state index contributed by atoms with van der Waals surface area (Å²) in [5.74, 6) is -3.32. The van der Waals surface area contributed by atoms with Crippen LogP contribution in [-0.2, 0) is 20.9 Å². The van der Waals surface area contributed by atoms with Gasteiger partial charge in [0, 0.05) is 11.6 Å². The Labute approximate surface area is 242 Å². The summed E-state index contributed by atoms with van der Waals surface area (Å²) in [6.45, 7) is 1.75. The van der Waals surface area contributed by atoms with Gasteiger partial charge in [0.1, 0.15) is 12.4 Å². The van der Waals surface area contributed by atoms with Crippen LogP contribution in [0.1, 0.15) is 39.9 Å². The number of carbonyl (C=O) groups is 3. The maximum absolute atomic E-state index is 14.9. The number of carbonyl (C=O) groups excluding carboxylic acids is 2. The van der Waals surface area contributed by atoms with Crippen molar-refractivity contribution in [2.45, 2.75) is 31.6 Å². The zero-order chi connectivity index (χ0) is 29.6. The number of nitrogens with one attached hydrogen (secondary N) is 2. The summed E-state index contributed by atoms with van der Waals surface area (Å²) in [6, 6.07) is 27.1. The lowest BCUT2D eigenvalue weighted by molar-refractivity contribution is -0.143. The van der Waals surface area contributed by atoms with E-state index in [1.165, 1.54) is 13.0 Å². The number of amides is 2. The molecule has 1 aliphatic carbocycles. The Balaban J connectivity index is 1.18. The number of hydrogen-bond acceptors (Lipinski definition) is 5. The van der Waals surface area contributed by atoms with Crippen LogP contribution in [0, 0.1) is 5.82 Å². The molecular formula is C33H29FN2O6. The first kappa shape index (κ1) is 28.5. The first-order valence-corrected chi connectivity index (χ1v) is 13.4. The normalized spacial score (nSPS) is 13.4. The third-order valence-electron chi connectivity index (χ3n) is 7.18. The van der Waals surface area contributed by atoms with Crippen molar-refractivity contribution in [1.82, 2.24) is 5.32 Å². The molecule has 0 heterocycles. The van der Waals surface area contributed by atoms with Crippen LogP contribution in [0.25, 0.3) is 11.1 Å². The van der Waals surface area contributed by atoms with Gasteiger partial charge in [0.2, 0.25) is 0 Å². The lowest BCUT2D eigenvalue weighted by Crippen LogP contribution is -2.48. The predicted molar refractivity (Wildman–Crippen MR) is 155 cm³/mol. The van der Waals surface area contributed by atoms with Crippen molar-refractivity contribution in [1.29, 1.82) is 0 Å². The van der Waals surface area contributed by atoms with Crippen molar-refractivity contribution in [3.63, 3.8) is 0 Å². The second-order valence-electron chi connectivity index (χ2n) is 9.94. The Morgan fingerprint density at radius 2 is 1.50 bits per heavy atom. The fourth-order valence-electron chi connectivity index (χ4n) is 5.03. The van der Waals surface area contributed by atoms with E-state index in [0.29, 0.717) is 0 Å². The van der Waals surface area contributed by atoms with E-state index in [-0.39, 0.29) is 30.4 Å². The lowest BCUT2D eigenvalue weighted by atomic mass is 9.98. The number of ether oxygens (including phenoxy) is 2. The molecule has 0 aromatic heterocycles. The van der Waals surface area contributed by atoms with Crippen LogP contribution in [0.5, 0.6) is 0 Å². The molecule has 214 valence electrons. The van der Waals surface area contributed by atoms with Crippen LogP contribution in [0.15, 0.2) is 97.1 Å². The van der Waals surface area contributed by atoms with Gasteiger partial charge in [0.25, 0.3) is 5.91 Å². The zero-order valence-electron chi connectivity index (χ0n) is 22.8. The second kappa shape index (κ2) is 12.7. The molecule has 2 amide bonds. The third kappa shape index (κ3) is 6.31. The minimum atomic E-state index is -1.42. The molecule has 0 saturated heterocycles. The summed E-state index contributed by atoms with van der Waals surface area (Å²) in [4.78, 5) is 37.2. The van der Waals surface area contributed by atoms with E-state index in [1.807, 2.05) is 78.9 Å². The van der Waals surface area contributed by atoms with Gasteiger partial charge in [-0.2, -0.15) is 0 Å². The summed E-state index contributed by atoms with van der Waals surface area (Å²) in [5, 5.41) is 14.4. The molecule has 0 aliphatic heterocycles. The molecule has 5 rings (SSSR count). The number of aliphatic carboxylic acids is 1. The molecule has 2 atom stereocenters. The monoisotopic (exact) mass is 568 g/mol. The van der Waals surface area contributed by atoms with Crippen molar-refractivity contribution in [2.75, 3.05) is 11.9 Å². The van der Waals surface area contributed by atoms with E-state index in [0.717, 1.165) is 39.9 Å². The number of fused-ring (bicyclic) bond motifs is 3. The molecule has 0 unspecified atom stereocenters. The Kier molecular flexibility index (Phi) is 8.59. The minimum Gasteiger partial charge on any atom is -0.480 e. The molecule has 0 radical (unpaired) electrons. The number of benzene rings is 4. The zero-order valence-corrected chi connectivity index (χ0v) is 22.8. The number of rotatable bonds is 10. The number of carboxylic acids is 1. The van der Waals surface area contributed by atoms with Gasteiger partial charge in [0.05, 0.1) is 18.3 Å². The van der Waals surface area contributed by atoms with E-state index >= 15 is 0 Å². The lowest BCUT2D eigenvalue weighted by Gasteiger charge is -2.22. The topological polar surface area (TPSA) is 114 Å². The van der Waals surface area contributed by atoms with Crippen molar-refractivity contribution in [3.8, 4) is 11.1 Å².